The molecule has 3 heteroatoms. The quantitative estimate of drug-likeness (QED) is 0.471. The monoisotopic (exact) mass is 387 g/mol. The van der Waals surface area contributed by atoms with E-state index < -0.39 is 0 Å². The van der Waals surface area contributed by atoms with Crippen LogP contribution in [0.4, 0.5) is 0 Å². The van der Waals surface area contributed by atoms with E-state index in [1.165, 1.54) is 12.7 Å². The van der Waals surface area contributed by atoms with Crippen LogP contribution in [0, 0.1) is 0 Å². The van der Waals surface area contributed by atoms with Crippen LogP contribution in [0.15, 0.2) is 89.7 Å². The van der Waals surface area contributed by atoms with Crippen LogP contribution in [0.5, 0.6) is 0 Å². The van der Waals surface area contributed by atoms with Gasteiger partial charge in [0.25, 0.3) is 0 Å². The molecule has 2 aromatic rings. The summed E-state index contributed by atoms with van der Waals surface area (Å²) < 4.78 is 5.16. The van der Waals surface area contributed by atoms with Crippen molar-refractivity contribution < 1.29 is 9.53 Å². The van der Waals surface area contributed by atoms with Gasteiger partial charge in [0.05, 0.1) is 12.7 Å². The summed E-state index contributed by atoms with van der Waals surface area (Å²) in [4.78, 5) is 12.7. The Morgan fingerprint density at radius 1 is 1.07 bits per heavy atom. The van der Waals surface area contributed by atoms with Gasteiger partial charge in [0.2, 0.25) is 0 Å². The van der Waals surface area contributed by atoms with Gasteiger partial charge in [-0.25, -0.2) is 4.79 Å². The van der Waals surface area contributed by atoms with E-state index in [-0.39, 0.29) is 11.9 Å². The van der Waals surface area contributed by atoms with Crippen molar-refractivity contribution >= 4 is 12.0 Å². The molecule has 0 bridgehead atoms. The number of benzene rings is 2. The first-order valence-corrected chi connectivity index (χ1v) is 10.3. The molecule has 0 radical (unpaired) electrons. The lowest BCUT2D eigenvalue weighted by molar-refractivity contribution is -0.136. The number of ether oxygens (including phenoxy) is 1. The van der Waals surface area contributed by atoms with E-state index >= 15 is 0 Å². The van der Waals surface area contributed by atoms with Gasteiger partial charge >= 0.3 is 5.97 Å². The van der Waals surface area contributed by atoms with Crippen molar-refractivity contribution in [3.05, 3.63) is 101 Å². The van der Waals surface area contributed by atoms with Gasteiger partial charge < -0.3 is 10.1 Å². The molecular formula is C26H29NO2. The minimum Gasteiger partial charge on any atom is -0.466 e. The lowest BCUT2D eigenvalue weighted by atomic mass is 9.80. The fraction of sp³-hybridized carbons (Fsp3) is 0.269. The minimum atomic E-state index is -0.264. The van der Waals surface area contributed by atoms with E-state index in [1.54, 1.807) is 0 Å². The van der Waals surface area contributed by atoms with E-state index in [9.17, 15) is 4.79 Å². The second-order valence-electron chi connectivity index (χ2n) is 7.23. The summed E-state index contributed by atoms with van der Waals surface area (Å²) in [6.45, 7) is 2.99. The minimum absolute atomic E-state index is 0.0341. The van der Waals surface area contributed by atoms with Crippen LogP contribution in [-0.2, 0) is 9.53 Å². The summed E-state index contributed by atoms with van der Waals surface area (Å²) >= 11 is 0. The zero-order chi connectivity index (χ0) is 20.5. The molecule has 0 spiro atoms. The van der Waals surface area contributed by atoms with Crippen LogP contribution < -0.4 is 5.32 Å². The Balaban J connectivity index is 2.00. The molecule has 29 heavy (non-hydrogen) atoms. The van der Waals surface area contributed by atoms with Gasteiger partial charge in [-0.1, -0.05) is 86.2 Å². The summed E-state index contributed by atoms with van der Waals surface area (Å²) in [5.74, 6) is -0.298. The van der Waals surface area contributed by atoms with Crippen LogP contribution in [0.2, 0.25) is 0 Å². The maximum absolute atomic E-state index is 12.7. The summed E-state index contributed by atoms with van der Waals surface area (Å²) in [5, 5.41) is 3.48. The van der Waals surface area contributed by atoms with Crippen molar-refractivity contribution in [1.82, 2.24) is 5.32 Å². The summed E-state index contributed by atoms with van der Waals surface area (Å²) in [6, 6.07) is 20.5. The largest absolute Gasteiger partial charge is 0.466 e. The standard InChI is InChI=1S/C26H29NO2/c1-3-4-17-27-24-19-21(16-15-20-11-7-5-8-12-20)18-23(25(24)26(28)29-2)22-13-9-6-10-14-22/h5-16,19,23,27H,3-4,17-18H2,1-2H3/b16-15+. The highest BCUT2D eigenvalue weighted by Gasteiger charge is 2.30. The highest BCUT2D eigenvalue weighted by Crippen LogP contribution is 2.38. The molecule has 0 fully saturated rings. The lowest BCUT2D eigenvalue weighted by Crippen LogP contribution is -2.26. The maximum atomic E-state index is 12.7. The van der Waals surface area contributed by atoms with E-state index in [2.05, 4.69) is 54.7 Å². The van der Waals surface area contributed by atoms with Crippen LogP contribution in [0.25, 0.3) is 6.08 Å². The van der Waals surface area contributed by atoms with E-state index in [4.69, 9.17) is 4.74 Å². The number of carbonyl (C=O) groups excluding carboxylic acids is 1. The summed E-state index contributed by atoms with van der Waals surface area (Å²) in [6.07, 6.45) is 9.29. The Morgan fingerprint density at radius 3 is 2.41 bits per heavy atom. The number of hydrogen-bond acceptors (Lipinski definition) is 3. The molecule has 1 aliphatic carbocycles. The second kappa shape index (κ2) is 10.5. The first kappa shape index (κ1) is 20.7. The Labute approximate surface area is 173 Å². The highest BCUT2D eigenvalue weighted by atomic mass is 16.5. The molecule has 0 saturated carbocycles. The normalized spacial score (nSPS) is 16.6. The van der Waals surface area contributed by atoms with E-state index in [1.807, 2.05) is 36.4 Å². The van der Waals surface area contributed by atoms with Crippen LogP contribution in [0.1, 0.15) is 43.2 Å². The molecule has 0 aliphatic heterocycles. The van der Waals surface area contributed by atoms with Gasteiger partial charge in [-0.3, -0.25) is 0 Å². The van der Waals surface area contributed by atoms with E-state index in [0.717, 1.165) is 42.6 Å². The topological polar surface area (TPSA) is 38.3 Å². The third kappa shape index (κ3) is 5.47. The number of esters is 1. The van der Waals surface area contributed by atoms with Crippen LogP contribution in [0.3, 0.4) is 0 Å². The molecule has 0 saturated heterocycles. The van der Waals surface area contributed by atoms with Gasteiger partial charge in [0, 0.05) is 18.2 Å². The molecule has 1 N–H and O–H groups in total. The SMILES string of the molecule is CCCCNC1=C(C(=O)OC)C(c2ccccc2)CC(/C=C/c2ccccc2)=C1. The zero-order valence-corrected chi connectivity index (χ0v) is 17.2. The summed E-state index contributed by atoms with van der Waals surface area (Å²) in [5.41, 5.74) is 5.06. The van der Waals surface area contributed by atoms with Crippen molar-refractivity contribution in [1.29, 1.82) is 0 Å². The molecule has 0 amide bonds. The molecule has 150 valence electrons. The Hall–Kier alpha value is -3.07. The number of carbonyl (C=O) groups is 1. The maximum Gasteiger partial charge on any atom is 0.336 e. The Bertz CT molecular complexity index is 895. The van der Waals surface area contributed by atoms with Gasteiger partial charge in [-0.05, 0) is 35.6 Å². The van der Waals surface area contributed by atoms with Gasteiger partial charge in [0.15, 0.2) is 0 Å². The predicted octanol–water partition coefficient (Wildman–Crippen LogP) is 5.63. The summed E-state index contributed by atoms with van der Waals surface area (Å²) in [7, 11) is 1.45. The van der Waals surface area contributed by atoms with E-state index in [0.29, 0.717) is 5.57 Å². The number of unbranched alkanes of at least 4 members (excludes halogenated alkanes) is 1. The average Bonchev–Trinajstić information content (AvgIpc) is 2.78. The van der Waals surface area contributed by atoms with Crippen LogP contribution >= 0.6 is 0 Å². The van der Waals surface area contributed by atoms with Crippen molar-refractivity contribution in [2.24, 2.45) is 0 Å². The van der Waals surface area contributed by atoms with Crippen molar-refractivity contribution in [2.45, 2.75) is 32.1 Å². The number of rotatable bonds is 8. The molecule has 0 heterocycles. The van der Waals surface area contributed by atoms with Crippen molar-refractivity contribution in [3.8, 4) is 0 Å². The Morgan fingerprint density at radius 2 is 1.76 bits per heavy atom. The molecular weight excluding hydrogens is 358 g/mol. The van der Waals surface area contributed by atoms with Crippen LogP contribution in [-0.4, -0.2) is 19.6 Å². The Kier molecular flexibility index (Phi) is 7.46. The molecule has 3 nitrogen and oxygen atoms in total. The predicted molar refractivity (Wildman–Crippen MR) is 119 cm³/mol. The molecule has 0 aromatic heterocycles. The average molecular weight is 388 g/mol. The molecule has 2 aromatic carbocycles. The third-order valence-electron chi connectivity index (χ3n) is 5.15. The first-order valence-electron chi connectivity index (χ1n) is 10.3. The number of nitrogens with one attached hydrogen (secondary N) is 1. The number of allylic oxidation sites excluding steroid dienone is 3. The number of hydrogen-bond donors (Lipinski definition) is 1. The fourth-order valence-electron chi connectivity index (χ4n) is 3.61. The van der Waals surface area contributed by atoms with Gasteiger partial charge in [-0.2, -0.15) is 0 Å². The zero-order valence-electron chi connectivity index (χ0n) is 17.2. The third-order valence-corrected chi connectivity index (χ3v) is 5.15. The van der Waals surface area contributed by atoms with Crippen molar-refractivity contribution in [2.75, 3.05) is 13.7 Å². The first-order chi connectivity index (χ1) is 14.2. The smallest absolute Gasteiger partial charge is 0.336 e. The lowest BCUT2D eigenvalue weighted by Gasteiger charge is -2.27. The van der Waals surface area contributed by atoms with Gasteiger partial charge in [0.1, 0.15) is 0 Å². The van der Waals surface area contributed by atoms with Crippen molar-refractivity contribution in [3.63, 3.8) is 0 Å². The molecule has 1 atom stereocenters. The highest BCUT2D eigenvalue weighted by molar-refractivity contribution is 5.92. The fourth-order valence-corrected chi connectivity index (χ4v) is 3.61. The number of methoxy groups -OCH3 is 1. The molecule has 1 unspecified atom stereocenters. The second-order valence-corrected chi connectivity index (χ2v) is 7.23. The molecule has 3 rings (SSSR count). The van der Waals surface area contributed by atoms with Gasteiger partial charge in [-0.15, -0.1) is 0 Å². The molecule has 1 aliphatic rings.